The van der Waals surface area contributed by atoms with Gasteiger partial charge < -0.3 is 0 Å². The molecular formula is C19H29N3O5S2. The second-order valence-corrected chi connectivity index (χ2v) is 12.0. The lowest BCUT2D eigenvalue weighted by molar-refractivity contribution is -0.116. The number of amides is 1. The van der Waals surface area contributed by atoms with E-state index in [0.717, 1.165) is 25.9 Å². The van der Waals surface area contributed by atoms with Crippen LogP contribution in [0, 0.1) is 6.92 Å². The van der Waals surface area contributed by atoms with Crippen molar-refractivity contribution in [2.45, 2.75) is 56.9 Å². The van der Waals surface area contributed by atoms with Gasteiger partial charge in [0.25, 0.3) is 0 Å². The van der Waals surface area contributed by atoms with E-state index in [2.05, 4.69) is 9.62 Å². The standard InChI is InChI=1S/C19H29N3O5S2/c1-15-7-8-16(22-18(23)9-12-28(22,24)25)13-17(15)29(26,27)20-14-19(2,3)21-10-5-4-6-11-21/h7-8,13,20H,4-6,9-12,14H2,1-3H3. The first-order chi connectivity index (χ1) is 13.4. The molecule has 3 rings (SSSR count). The van der Waals surface area contributed by atoms with Crippen molar-refractivity contribution in [3.8, 4) is 0 Å². The summed E-state index contributed by atoms with van der Waals surface area (Å²) in [6.45, 7) is 7.80. The highest BCUT2D eigenvalue weighted by Gasteiger charge is 2.37. The third-order valence-corrected chi connectivity index (χ3v) is 8.92. The zero-order valence-electron chi connectivity index (χ0n) is 17.1. The molecule has 2 aliphatic rings. The first-order valence-electron chi connectivity index (χ1n) is 9.85. The van der Waals surface area contributed by atoms with E-state index in [0.29, 0.717) is 9.87 Å². The van der Waals surface area contributed by atoms with Crippen molar-refractivity contribution in [1.82, 2.24) is 9.62 Å². The molecule has 1 aromatic rings. The second-order valence-electron chi connectivity index (χ2n) is 8.36. The number of piperidine rings is 1. The van der Waals surface area contributed by atoms with E-state index in [1.807, 2.05) is 13.8 Å². The molecule has 1 N–H and O–H groups in total. The van der Waals surface area contributed by atoms with Gasteiger partial charge in [-0.15, -0.1) is 0 Å². The summed E-state index contributed by atoms with van der Waals surface area (Å²) in [5, 5.41) is 0. The van der Waals surface area contributed by atoms with Gasteiger partial charge in [0.1, 0.15) is 0 Å². The number of nitrogens with zero attached hydrogens (tertiary/aromatic N) is 2. The summed E-state index contributed by atoms with van der Waals surface area (Å²) in [6.07, 6.45) is 3.31. The van der Waals surface area contributed by atoms with E-state index in [-0.39, 0.29) is 34.8 Å². The van der Waals surface area contributed by atoms with Crippen molar-refractivity contribution in [2.75, 3.05) is 29.7 Å². The number of hydrogen-bond donors (Lipinski definition) is 1. The summed E-state index contributed by atoms with van der Waals surface area (Å²) in [5.74, 6) is -0.805. The molecule has 0 bridgehead atoms. The van der Waals surface area contributed by atoms with Crippen LogP contribution in [-0.2, 0) is 24.8 Å². The van der Waals surface area contributed by atoms with E-state index in [4.69, 9.17) is 0 Å². The number of sulfonamides is 2. The topological polar surface area (TPSA) is 104 Å². The van der Waals surface area contributed by atoms with Gasteiger partial charge in [-0.3, -0.25) is 9.69 Å². The summed E-state index contributed by atoms with van der Waals surface area (Å²) < 4.78 is 53.8. The van der Waals surface area contributed by atoms with Crippen molar-refractivity contribution in [3.05, 3.63) is 23.8 Å². The van der Waals surface area contributed by atoms with Crippen molar-refractivity contribution in [3.63, 3.8) is 0 Å². The maximum Gasteiger partial charge on any atom is 0.242 e. The number of carbonyl (C=O) groups excluding carboxylic acids is 1. The van der Waals surface area contributed by atoms with Gasteiger partial charge in [0.15, 0.2) is 0 Å². The van der Waals surface area contributed by atoms with Crippen LogP contribution in [0.25, 0.3) is 0 Å². The average Bonchev–Trinajstić information content (AvgIpc) is 2.94. The number of carbonyl (C=O) groups is 1. The molecule has 29 heavy (non-hydrogen) atoms. The number of anilines is 1. The minimum absolute atomic E-state index is 0.0145. The van der Waals surface area contributed by atoms with Gasteiger partial charge in [-0.25, -0.2) is 25.9 Å². The summed E-state index contributed by atoms with van der Waals surface area (Å²) in [7, 11) is -7.63. The number of hydrogen-bond acceptors (Lipinski definition) is 6. The maximum atomic E-state index is 13.0. The van der Waals surface area contributed by atoms with Crippen LogP contribution in [0.1, 0.15) is 45.1 Å². The number of aryl methyl sites for hydroxylation is 1. The third kappa shape index (κ3) is 4.65. The van der Waals surface area contributed by atoms with E-state index >= 15 is 0 Å². The van der Waals surface area contributed by atoms with Crippen LogP contribution in [-0.4, -0.2) is 58.6 Å². The Bertz CT molecular complexity index is 997. The monoisotopic (exact) mass is 443 g/mol. The Labute approximate surface area is 173 Å². The first-order valence-corrected chi connectivity index (χ1v) is 12.9. The highest BCUT2D eigenvalue weighted by Crippen LogP contribution is 2.29. The molecule has 0 saturated carbocycles. The highest BCUT2D eigenvalue weighted by molar-refractivity contribution is 7.94. The fourth-order valence-electron chi connectivity index (χ4n) is 3.83. The van der Waals surface area contributed by atoms with Crippen LogP contribution >= 0.6 is 0 Å². The zero-order chi connectivity index (χ0) is 21.4. The average molecular weight is 444 g/mol. The zero-order valence-corrected chi connectivity index (χ0v) is 18.8. The smallest absolute Gasteiger partial charge is 0.242 e. The maximum absolute atomic E-state index is 13.0. The Balaban J connectivity index is 1.84. The third-order valence-electron chi connectivity index (χ3n) is 5.68. The number of rotatable bonds is 6. The molecule has 0 aromatic heterocycles. The molecule has 2 fully saturated rings. The van der Waals surface area contributed by atoms with Crippen LogP contribution in [0.5, 0.6) is 0 Å². The van der Waals surface area contributed by atoms with E-state index < -0.39 is 26.0 Å². The molecule has 0 spiro atoms. The summed E-state index contributed by atoms with van der Waals surface area (Å²) in [4.78, 5) is 14.3. The summed E-state index contributed by atoms with van der Waals surface area (Å²) >= 11 is 0. The minimum atomic E-state index is -3.88. The van der Waals surface area contributed by atoms with E-state index in [9.17, 15) is 21.6 Å². The fourth-order valence-corrected chi connectivity index (χ4v) is 6.75. The van der Waals surface area contributed by atoms with Crippen LogP contribution in [0.4, 0.5) is 5.69 Å². The largest absolute Gasteiger partial charge is 0.297 e. The lowest BCUT2D eigenvalue weighted by Gasteiger charge is -2.41. The number of benzene rings is 1. The number of likely N-dealkylation sites (tertiary alicyclic amines) is 1. The van der Waals surface area contributed by atoms with Gasteiger partial charge >= 0.3 is 0 Å². The molecule has 2 heterocycles. The summed E-state index contributed by atoms with van der Waals surface area (Å²) in [6, 6.07) is 4.26. The Morgan fingerprint density at radius 2 is 1.79 bits per heavy atom. The molecule has 10 heteroatoms. The van der Waals surface area contributed by atoms with E-state index in [1.54, 1.807) is 6.92 Å². The minimum Gasteiger partial charge on any atom is -0.297 e. The molecule has 0 atom stereocenters. The number of nitrogens with one attached hydrogen (secondary N) is 1. The second kappa shape index (κ2) is 7.98. The van der Waals surface area contributed by atoms with Crippen LogP contribution in [0.15, 0.2) is 23.1 Å². The van der Waals surface area contributed by atoms with Crippen molar-refractivity contribution >= 4 is 31.6 Å². The first kappa shape index (κ1) is 22.2. The lowest BCUT2D eigenvalue weighted by Crippen LogP contribution is -2.53. The highest BCUT2D eigenvalue weighted by atomic mass is 32.2. The van der Waals surface area contributed by atoms with Gasteiger partial charge in [0.2, 0.25) is 26.0 Å². The van der Waals surface area contributed by atoms with Crippen LogP contribution < -0.4 is 9.03 Å². The van der Waals surface area contributed by atoms with Gasteiger partial charge in [-0.05, 0) is 64.4 Å². The molecular weight excluding hydrogens is 414 g/mol. The van der Waals surface area contributed by atoms with E-state index in [1.165, 1.54) is 24.6 Å². The molecule has 1 amide bonds. The van der Waals surface area contributed by atoms with Gasteiger partial charge in [0, 0.05) is 18.5 Å². The van der Waals surface area contributed by atoms with Crippen molar-refractivity contribution in [1.29, 1.82) is 0 Å². The molecule has 0 radical (unpaired) electrons. The normalized spacial score (nSPS) is 20.9. The van der Waals surface area contributed by atoms with Crippen LogP contribution in [0.3, 0.4) is 0 Å². The predicted octanol–water partition coefficient (Wildman–Crippen LogP) is 1.60. The van der Waals surface area contributed by atoms with Gasteiger partial charge in [-0.2, -0.15) is 0 Å². The molecule has 2 aliphatic heterocycles. The van der Waals surface area contributed by atoms with Gasteiger partial charge in [-0.1, -0.05) is 12.5 Å². The van der Waals surface area contributed by atoms with Crippen LogP contribution in [0.2, 0.25) is 0 Å². The molecule has 0 unspecified atom stereocenters. The molecule has 1 aromatic carbocycles. The molecule has 8 nitrogen and oxygen atoms in total. The molecule has 162 valence electrons. The van der Waals surface area contributed by atoms with Crippen molar-refractivity contribution in [2.24, 2.45) is 0 Å². The van der Waals surface area contributed by atoms with Crippen molar-refractivity contribution < 1.29 is 21.6 Å². The summed E-state index contributed by atoms with van der Waals surface area (Å²) in [5.41, 5.74) is 0.211. The fraction of sp³-hybridized carbons (Fsp3) is 0.632. The Morgan fingerprint density at radius 3 is 2.38 bits per heavy atom. The Morgan fingerprint density at radius 1 is 1.14 bits per heavy atom. The Kier molecular flexibility index (Phi) is 6.11. The lowest BCUT2D eigenvalue weighted by atomic mass is 9.99. The quantitative estimate of drug-likeness (QED) is 0.716. The predicted molar refractivity (Wildman–Crippen MR) is 112 cm³/mol. The molecule has 0 aliphatic carbocycles. The molecule has 2 saturated heterocycles. The SMILES string of the molecule is Cc1ccc(N2C(=O)CCS2(=O)=O)cc1S(=O)(=O)NCC(C)(C)N1CCCCC1. The Hall–Kier alpha value is -1.49. The van der Waals surface area contributed by atoms with Gasteiger partial charge in [0.05, 0.1) is 16.3 Å².